The van der Waals surface area contributed by atoms with Gasteiger partial charge in [0.05, 0.1) is 29.1 Å². The van der Waals surface area contributed by atoms with Gasteiger partial charge in [0, 0.05) is 19.3 Å². The lowest BCUT2D eigenvalue weighted by atomic mass is 9.85. The molecule has 2 saturated heterocycles. The Kier molecular flexibility index (Phi) is 4.37. The van der Waals surface area contributed by atoms with Crippen molar-refractivity contribution in [3.63, 3.8) is 0 Å². The third-order valence-electron chi connectivity index (χ3n) is 5.56. The van der Waals surface area contributed by atoms with Crippen LogP contribution >= 0.6 is 0 Å². The van der Waals surface area contributed by atoms with Crippen LogP contribution in [0.25, 0.3) is 0 Å². The molecule has 3 aliphatic rings. The third-order valence-corrected chi connectivity index (χ3v) is 9.81. The lowest BCUT2D eigenvalue weighted by molar-refractivity contribution is -0.0936. The number of sulfone groups is 1. The molecule has 10 heteroatoms. The molecular formula is C16H23N3O5S2. The van der Waals surface area contributed by atoms with Gasteiger partial charge in [-0.3, -0.25) is 0 Å². The van der Waals surface area contributed by atoms with Crippen molar-refractivity contribution in [2.24, 2.45) is 0 Å². The van der Waals surface area contributed by atoms with Crippen LogP contribution in [-0.4, -0.2) is 67.6 Å². The normalized spacial score (nSPS) is 31.8. The first-order valence-corrected chi connectivity index (χ1v) is 12.2. The summed E-state index contributed by atoms with van der Waals surface area (Å²) >= 11 is 0. The van der Waals surface area contributed by atoms with E-state index in [1.807, 2.05) is 6.92 Å². The molecule has 0 radical (unpaired) electrons. The largest absolute Gasteiger partial charge is 0.367 e. The fourth-order valence-corrected chi connectivity index (χ4v) is 8.83. The van der Waals surface area contributed by atoms with E-state index in [4.69, 9.17) is 4.74 Å². The van der Waals surface area contributed by atoms with E-state index in [9.17, 15) is 16.8 Å². The first-order valence-electron chi connectivity index (χ1n) is 8.88. The van der Waals surface area contributed by atoms with Crippen molar-refractivity contribution < 1.29 is 21.6 Å². The average Bonchev–Trinajstić information content (AvgIpc) is 2.97. The fourth-order valence-electron chi connectivity index (χ4n) is 4.22. The van der Waals surface area contributed by atoms with Crippen LogP contribution in [0.15, 0.2) is 6.20 Å². The number of aromatic nitrogens is 2. The van der Waals surface area contributed by atoms with E-state index in [2.05, 4.69) is 9.97 Å². The molecule has 2 fully saturated rings. The highest BCUT2D eigenvalue weighted by atomic mass is 32.2. The number of hydrogen-bond donors (Lipinski definition) is 0. The Labute approximate surface area is 153 Å². The fraction of sp³-hybridized carbons (Fsp3) is 0.750. The molecule has 0 amide bonds. The first-order chi connectivity index (χ1) is 12.2. The quantitative estimate of drug-likeness (QED) is 0.695. The Hall–Kier alpha value is -1.10. The average molecular weight is 402 g/mol. The molecule has 144 valence electrons. The van der Waals surface area contributed by atoms with E-state index in [0.717, 1.165) is 11.3 Å². The van der Waals surface area contributed by atoms with Crippen molar-refractivity contribution in [1.29, 1.82) is 0 Å². The number of ether oxygens (including phenoxy) is 1. The minimum atomic E-state index is -3.69. The smallest absolute Gasteiger partial charge is 0.218 e. The summed E-state index contributed by atoms with van der Waals surface area (Å²) in [6, 6.07) is 0. The van der Waals surface area contributed by atoms with E-state index in [-0.39, 0.29) is 24.5 Å². The van der Waals surface area contributed by atoms with E-state index in [0.29, 0.717) is 38.2 Å². The van der Waals surface area contributed by atoms with Crippen molar-refractivity contribution in [2.45, 2.75) is 43.5 Å². The molecule has 0 aromatic carbocycles. The molecular weight excluding hydrogens is 378 g/mol. The standard InChI is InChI=1S/C16H23N3O5S2/c1-12-17-9-13-3-7-24-16(15(13)18-12)5-2-6-19(11-16)26(22,23)14-4-8-25(20,21)10-14/h9,14H,2-8,10-11H2,1H3/t14-,16+/m1/s1. The van der Waals surface area contributed by atoms with Crippen LogP contribution in [0.2, 0.25) is 0 Å². The van der Waals surface area contributed by atoms with Gasteiger partial charge in [0.25, 0.3) is 0 Å². The number of piperidine rings is 1. The Bertz CT molecular complexity index is 931. The number of fused-ring (bicyclic) bond motifs is 2. The van der Waals surface area contributed by atoms with Crippen LogP contribution in [0.3, 0.4) is 0 Å². The zero-order valence-electron chi connectivity index (χ0n) is 14.7. The second kappa shape index (κ2) is 6.22. The molecule has 26 heavy (non-hydrogen) atoms. The molecule has 8 nitrogen and oxygen atoms in total. The molecule has 4 rings (SSSR count). The van der Waals surface area contributed by atoms with E-state index >= 15 is 0 Å². The van der Waals surface area contributed by atoms with Crippen molar-refractivity contribution in [1.82, 2.24) is 14.3 Å². The SMILES string of the molecule is Cc1ncc2c(n1)[C@@]1(CCCN(S(=O)(=O)[C@@H]3CCS(=O)(=O)C3)C1)OCC2. The maximum absolute atomic E-state index is 13.1. The molecule has 3 aliphatic heterocycles. The Morgan fingerprint density at radius 3 is 2.92 bits per heavy atom. The predicted molar refractivity (Wildman–Crippen MR) is 94.9 cm³/mol. The van der Waals surface area contributed by atoms with Crippen molar-refractivity contribution in [3.05, 3.63) is 23.3 Å². The summed E-state index contributed by atoms with van der Waals surface area (Å²) in [6.45, 7) is 2.90. The van der Waals surface area contributed by atoms with Gasteiger partial charge < -0.3 is 4.74 Å². The Balaban J connectivity index is 1.66. The van der Waals surface area contributed by atoms with Gasteiger partial charge in [-0.25, -0.2) is 26.8 Å². The van der Waals surface area contributed by atoms with Crippen LogP contribution in [0, 0.1) is 6.92 Å². The number of aryl methyl sites for hydroxylation is 1. The van der Waals surface area contributed by atoms with Crippen LogP contribution in [-0.2, 0) is 36.6 Å². The topological polar surface area (TPSA) is 107 Å². The minimum Gasteiger partial charge on any atom is -0.367 e. The summed E-state index contributed by atoms with van der Waals surface area (Å²) in [5.41, 5.74) is 1.03. The van der Waals surface area contributed by atoms with Crippen molar-refractivity contribution in [3.8, 4) is 0 Å². The monoisotopic (exact) mass is 401 g/mol. The van der Waals surface area contributed by atoms with Crippen molar-refractivity contribution >= 4 is 19.9 Å². The lowest BCUT2D eigenvalue weighted by Crippen LogP contribution is -2.54. The van der Waals surface area contributed by atoms with Crippen LogP contribution in [0.5, 0.6) is 0 Å². The second-order valence-corrected chi connectivity index (χ2v) is 11.8. The molecule has 4 heterocycles. The Morgan fingerprint density at radius 2 is 2.19 bits per heavy atom. The third kappa shape index (κ3) is 3.06. The molecule has 0 aliphatic carbocycles. The lowest BCUT2D eigenvalue weighted by Gasteiger charge is -2.44. The van der Waals surface area contributed by atoms with E-state index in [1.54, 1.807) is 6.20 Å². The van der Waals surface area contributed by atoms with Gasteiger partial charge >= 0.3 is 0 Å². The molecule has 1 aromatic heterocycles. The second-order valence-electron chi connectivity index (χ2n) is 7.39. The highest BCUT2D eigenvalue weighted by molar-refractivity contribution is 7.95. The van der Waals surface area contributed by atoms with Gasteiger partial charge in [0.15, 0.2) is 9.84 Å². The molecule has 1 aromatic rings. The predicted octanol–water partition coefficient (Wildman–Crippen LogP) is 0.166. The molecule has 2 atom stereocenters. The summed E-state index contributed by atoms with van der Waals surface area (Å²) in [5, 5.41) is -0.849. The van der Waals surface area contributed by atoms with E-state index in [1.165, 1.54) is 4.31 Å². The van der Waals surface area contributed by atoms with Gasteiger partial charge in [-0.1, -0.05) is 0 Å². The number of hydrogen-bond acceptors (Lipinski definition) is 7. The molecule has 1 spiro atoms. The summed E-state index contributed by atoms with van der Waals surface area (Å²) in [6.07, 6.45) is 4.05. The van der Waals surface area contributed by atoms with Gasteiger partial charge in [-0.05, 0) is 38.2 Å². The maximum atomic E-state index is 13.1. The summed E-state index contributed by atoms with van der Waals surface area (Å²) in [4.78, 5) is 8.83. The number of sulfonamides is 1. The number of rotatable bonds is 2. The molecule has 0 N–H and O–H groups in total. The zero-order chi connectivity index (χ0) is 18.6. The maximum Gasteiger partial charge on any atom is 0.218 e. The van der Waals surface area contributed by atoms with Crippen LogP contribution in [0.4, 0.5) is 0 Å². The highest BCUT2D eigenvalue weighted by Gasteiger charge is 2.48. The number of nitrogens with zero attached hydrogens (tertiary/aromatic N) is 3. The van der Waals surface area contributed by atoms with Crippen LogP contribution in [0.1, 0.15) is 36.3 Å². The molecule has 0 saturated carbocycles. The summed E-state index contributed by atoms with van der Waals surface area (Å²) in [7, 11) is -6.95. The summed E-state index contributed by atoms with van der Waals surface area (Å²) in [5.74, 6) is 0.301. The first kappa shape index (κ1) is 18.3. The molecule has 0 bridgehead atoms. The van der Waals surface area contributed by atoms with Gasteiger partial charge in [0.1, 0.15) is 11.4 Å². The van der Waals surface area contributed by atoms with Crippen LogP contribution < -0.4 is 0 Å². The zero-order valence-corrected chi connectivity index (χ0v) is 16.4. The van der Waals surface area contributed by atoms with Gasteiger partial charge in [-0.2, -0.15) is 4.31 Å². The van der Waals surface area contributed by atoms with E-state index < -0.39 is 30.7 Å². The Morgan fingerprint density at radius 1 is 1.38 bits per heavy atom. The van der Waals surface area contributed by atoms with Gasteiger partial charge in [0.2, 0.25) is 10.0 Å². The minimum absolute atomic E-state index is 0.0539. The highest BCUT2D eigenvalue weighted by Crippen LogP contribution is 2.40. The molecule has 0 unspecified atom stereocenters. The van der Waals surface area contributed by atoms with Crippen molar-refractivity contribution in [2.75, 3.05) is 31.2 Å². The van der Waals surface area contributed by atoms with Gasteiger partial charge in [-0.15, -0.1) is 0 Å². The summed E-state index contributed by atoms with van der Waals surface area (Å²) < 4.78 is 57.1.